The van der Waals surface area contributed by atoms with Crippen LogP contribution in [0.2, 0.25) is 0 Å². The molecule has 1 saturated carbocycles. The van der Waals surface area contributed by atoms with Gasteiger partial charge in [0.15, 0.2) is 5.96 Å². The van der Waals surface area contributed by atoms with Crippen molar-refractivity contribution in [2.75, 3.05) is 13.1 Å². The largest absolute Gasteiger partial charge is 0.491 e. The average molecular weight is 414 g/mol. The second-order valence-electron chi connectivity index (χ2n) is 8.05. The minimum atomic E-state index is -0.636. The first-order valence-corrected chi connectivity index (χ1v) is 11.1. The van der Waals surface area contributed by atoms with Gasteiger partial charge in [-0.25, -0.2) is 4.99 Å². The van der Waals surface area contributed by atoms with Gasteiger partial charge < -0.3 is 20.5 Å². The monoisotopic (exact) mass is 413 g/mol. The second-order valence-corrected chi connectivity index (χ2v) is 8.05. The standard InChI is InChI=1S/C23H35N5O2/c1-4-24-23(25-15-19-13-14-28(27-19)20-7-5-6-8-20)26-16-22(29)18-9-11-21(12-10-18)30-17(2)3/h9-14,17,20,22,29H,4-8,15-16H2,1-3H3,(H2,24,25,26). The van der Waals surface area contributed by atoms with Gasteiger partial charge in [-0.15, -0.1) is 0 Å². The van der Waals surface area contributed by atoms with Crippen LogP contribution in [0.15, 0.2) is 41.5 Å². The Hall–Kier alpha value is -2.54. The number of benzene rings is 1. The fourth-order valence-electron chi connectivity index (χ4n) is 3.69. The zero-order chi connectivity index (χ0) is 21.3. The van der Waals surface area contributed by atoms with Crippen LogP contribution >= 0.6 is 0 Å². The molecule has 0 radical (unpaired) electrons. The molecule has 0 bridgehead atoms. The Morgan fingerprint density at radius 1 is 1.20 bits per heavy atom. The highest BCUT2D eigenvalue weighted by Crippen LogP contribution is 2.28. The van der Waals surface area contributed by atoms with Gasteiger partial charge in [-0.1, -0.05) is 25.0 Å². The minimum absolute atomic E-state index is 0.130. The van der Waals surface area contributed by atoms with Crippen molar-refractivity contribution in [1.82, 2.24) is 20.4 Å². The predicted molar refractivity (Wildman–Crippen MR) is 120 cm³/mol. The van der Waals surface area contributed by atoms with E-state index in [0.29, 0.717) is 25.1 Å². The van der Waals surface area contributed by atoms with Gasteiger partial charge in [-0.2, -0.15) is 5.10 Å². The number of rotatable bonds is 9. The van der Waals surface area contributed by atoms with Crippen molar-refractivity contribution >= 4 is 5.96 Å². The van der Waals surface area contributed by atoms with Crippen LogP contribution in [0.25, 0.3) is 0 Å². The van der Waals surface area contributed by atoms with Crippen LogP contribution in [0.1, 0.15) is 69.9 Å². The molecule has 1 unspecified atom stereocenters. The molecule has 30 heavy (non-hydrogen) atoms. The Labute approximate surface area is 179 Å². The van der Waals surface area contributed by atoms with Gasteiger partial charge in [0, 0.05) is 19.3 Å². The van der Waals surface area contributed by atoms with E-state index in [2.05, 4.69) is 31.6 Å². The summed E-state index contributed by atoms with van der Waals surface area (Å²) >= 11 is 0. The molecule has 0 amide bonds. The van der Waals surface area contributed by atoms with Crippen molar-refractivity contribution in [3.8, 4) is 5.75 Å². The van der Waals surface area contributed by atoms with E-state index in [1.54, 1.807) is 0 Å². The molecule has 0 saturated heterocycles. The highest BCUT2D eigenvalue weighted by Gasteiger charge is 2.17. The Morgan fingerprint density at radius 3 is 2.60 bits per heavy atom. The van der Waals surface area contributed by atoms with Crippen LogP contribution in [-0.4, -0.2) is 40.0 Å². The summed E-state index contributed by atoms with van der Waals surface area (Å²) in [4.78, 5) is 4.62. The van der Waals surface area contributed by atoms with Crippen molar-refractivity contribution in [1.29, 1.82) is 0 Å². The van der Waals surface area contributed by atoms with Crippen LogP contribution < -0.4 is 15.4 Å². The molecule has 3 N–H and O–H groups in total. The molecule has 1 aliphatic carbocycles. The number of hydrogen-bond donors (Lipinski definition) is 3. The number of guanidine groups is 1. The van der Waals surface area contributed by atoms with Crippen molar-refractivity contribution in [2.24, 2.45) is 4.99 Å². The lowest BCUT2D eigenvalue weighted by Gasteiger charge is -2.16. The van der Waals surface area contributed by atoms with Crippen LogP contribution in [-0.2, 0) is 6.54 Å². The summed E-state index contributed by atoms with van der Waals surface area (Å²) in [6.45, 7) is 7.63. The number of aliphatic hydroxyl groups is 1. The van der Waals surface area contributed by atoms with Crippen LogP contribution in [0.5, 0.6) is 5.75 Å². The van der Waals surface area contributed by atoms with Gasteiger partial charge in [0.05, 0.1) is 30.5 Å². The third kappa shape index (κ3) is 6.49. The summed E-state index contributed by atoms with van der Waals surface area (Å²) in [7, 11) is 0. The Morgan fingerprint density at radius 2 is 1.93 bits per heavy atom. The van der Waals surface area contributed by atoms with E-state index in [1.807, 2.05) is 51.1 Å². The number of aliphatic imine (C=N–C) groups is 1. The zero-order valence-corrected chi connectivity index (χ0v) is 18.3. The molecule has 1 aromatic heterocycles. The number of nitrogens with zero attached hydrogens (tertiary/aromatic N) is 3. The number of hydrogen-bond acceptors (Lipinski definition) is 4. The summed E-state index contributed by atoms with van der Waals surface area (Å²) in [5.74, 6) is 1.48. The SMILES string of the molecule is CCNC(=NCc1ccn(C2CCCC2)n1)NCC(O)c1ccc(OC(C)C)cc1. The highest BCUT2D eigenvalue weighted by atomic mass is 16.5. The molecule has 1 aromatic carbocycles. The van der Waals surface area contributed by atoms with Crippen LogP contribution in [0.4, 0.5) is 0 Å². The number of ether oxygens (including phenoxy) is 1. The summed E-state index contributed by atoms with van der Waals surface area (Å²) in [6, 6.07) is 10.1. The fraction of sp³-hybridized carbons (Fsp3) is 0.565. The van der Waals surface area contributed by atoms with Gasteiger partial charge in [0.25, 0.3) is 0 Å². The first kappa shape index (κ1) is 22.2. The molecule has 1 fully saturated rings. The first-order chi connectivity index (χ1) is 14.5. The maximum absolute atomic E-state index is 10.5. The normalized spacial score (nSPS) is 16.1. The lowest BCUT2D eigenvalue weighted by molar-refractivity contribution is 0.180. The third-order valence-corrected chi connectivity index (χ3v) is 5.21. The van der Waals surface area contributed by atoms with Crippen molar-refractivity contribution in [3.63, 3.8) is 0 Å². The second kappa shape index (κ2) is 11.0. The molecule has 1 heterocycles. The van der Waals surface area contributed by atoms with Crippen molar-refractivity contribution in [3.05, 3.63) is 47.8 Å². The molecule has 7 heteroatoms. The fourth-order valence-corrected chi connectivity index (χ4v) is 3.69. The smallest absolute Gasteiger partial charge is 0.191 e. The lowest BCUT2D eigenvalue weighted by Crippen LogP contribution is -2.39. The van der Waals surface area contributed by atoms with E-state index < -0.39 is 6.10 Å². The molecule has 2 aromatic rings. The lowest BCUT2D eigenvalue weighted by atomic mass is 10.1. The van der Waals surface area contributed by atoms with Crippen molar-refractivity contribution in [2.45, 2.75) is 71.2 Å². The van der Waals surface area contributed by atoms with Crippen LogP contribution in [0.3, 0.4) is 0 Å². The summed E-state index contributed by atoms with van der Waals surface area (Å²) in [5.41, 5.74) is 1.80. The van der Waals surface area contributed by atoms with Crippen molar-refractivity contribution < 1.29 is 9.84 Å². The molecule has 7 nitrogen and oxygen atoms in total. The first-order valence-electron chi connectivity index (χ1n) is 11.1. The Balaban J connectivity index is 1.53. The molecule has 0 spiro atoms. The van der Waals surface area contributed by atoms with E-state index in [-0.39, 0.29) is 6.10 Å². The topological polar surface area (TPSA) is 83.7 Å². The molecule has 0 aliphatic heterocycles. The number of nitrogens with one attached hydrogen (secondary N) is 2. The molecular formula is C23H35N5O2. The maximum Gasteiger partial charge on any atom is 0.191 e. The maximum atomic E-state index is 10.5. The van der Waals surface area contributed by atoms with Gasteiger partial charge >= 0.3 is 0 Å². The number of aliphatic hydroxyl groups excluding tert-OH is 1. The number of aromatic nitrogens is 2. The van der Waals surface area contributed by atoms with E-state index in [0.717, 1.165) is 23.6 Å². The highest BCUT2D eigenvalue weighted by molar-refractivity contribution is 5.79. The summed E-state index contributed by atoms with van der Waals surface area (Å²) in [6.07, 6.45) is 6.59. The van der Waals surface area contributed by atoms with Gasteiger partial charge in [-0.05, 0) is 57.4 Å². The molecule has 1 atom stereocenters. The molecular weight excluding hydrogens is 378 g/mol. The van der Waals surface area contributed by atoms with E-state index in [1.165, 1.54) is 25.7 Å². The van der Waals surface area contributed by atoms with E-state index in [4.69, 9.17) is 4.74 Å². The average Bonchev–Trinajstić information content (AvgIpc) is 3.41. The molecule has 3 rings (SSSR count). The van der Waals surface area contributed by atoms with E-state index in [9.17, 15) is 5.11 Å². The van der Waals surface area contributed by atoms with E-state index >= 15 is 0 Å². The van der Waals surface area contributed by atoms with Gasteiger partial charge in [-0.3, -0.25) is 4.68 Å². The third-order valence-electron chi connectivity index (χ3n) is 5.21. The Kier molecular flexibility index (Phi) is 8.13. The zero-order valence-electron chi connectivity index (χ0n) is 18.3. The minimum Gasteiger partial charge on any atom is -0.491 e. The molecule has 164 valence electrons. The quantitative estimate of drug-likeness (QED) is 0.432. The molecule has 1 aliphatic rings. The van der Waals surface area contributed by atoms with Gasteiger partial charge in [0.2, 0.25) is 0 Å². The Bertz CT molecular complexity index is 794. The summed E-state index contributed by atoms with van der Waals surface area (Å²) in [5, 5.41) is 21.7. The van der Waals surface area contributed by atoms with Gasteiger partial charge in [0.1, 0.15) is 5.75 Å². The summed E-state index contributed by atoms with van der Waals surface area (Å²) < 4.78 is 7.75. The van der Waals surface area contributed by atoms with Crippen LogP contribution in [0, 0.1) is 0 Å². The predicted octanol–water partition coefficient (Wildman–Crippen LogP) is 3.57.